The molecule has 0 radical (unpaired) electrons. The van der Waals surface area contributed by atoms with Crippen LogP contribution in [-0.4, -0.2) is 77.2 Å². The van der Waals surface area contributed by atoms with Crippen molar-refractivity contribution in [1.29, 1.82) is 0 Å². The first kappa shape index (κ1) is 39.8. The van der Waals surface area contributed by atoms with E-state index >= 15 is 0 Å². The minimum absolute atomic E-state index is 0.0387. The van der Waals surface area contributed by atoms with Gasteiger partial charge < -0.3 is 31.9 Å². The van der Waals surface area contributed by atoms with E-state index in [2.05, 4.69) is 100 Å². The molecule has 1 saturated carbocycles. The number of hydrogen-bond acceptors (Lipinski definition) is 12. The number of anilines is 4. The van der Waals surface area contributed by atoms with E-state index in [9.17, 15) is 0 Å². The minimum Gasteiger partial charge on any atom is -0.351 e. The summed E-state index contributed by atoms with van der Waals surface area (Å²) in [5.41, 5.74) is 0.155. The number of nitrogens with zero attached hydrogens (tertiary/aromatic N) is 6. The molecular weight excluding hydrogens is 649 g/mol. The fourth-order valence-electron chi connectivity index (χ4n) is 9.37. The predicted molar refractivity (Wildman–Crippen MR) is 215 cm³/mol. The molecular formula is C40H68N12. The first-order chi connectivity index (χ1) is 24.5. The predicted octanol–water partition coefficient (Wildman–Crippen LogP) is 7.07. The van der Waals surface area contributed by atoms with Crippen molar-refractivity contribution >= 4 is 23.8 Å². The monoisotopic (exact) mass is 717 g/mol. The summed E-state index contributed by atoms with van der Waals surface area (Å²) in [6.45, 7) is 27.1. The largest absolute Gasteiger partial charge is 0.351 e. The van der Waals surface area contributed by atoms with Gasteiger partial charge >= 0.3 is 0 Å². The van der Waals surface area contributed by atoms with Crippen LogP contribution in [0.4, 0.5) is 23.8 Å². The number of piperidine rings is 2. The summed E-state index contributed by atoms with van der Waals surface area (Å²) < 4.78 is 0. The molecule has 0 bridgehead atoms. The van der Waals surface area contributed by atoms with Crippen molar-refractivity contribution in [3.63, 3.8) is 0 Å². The van der Waals surface area contributed by atoms with Crippen LogP contribution >= 0.6 is 0 Å². The first-order valence-corrected chi connectivity index (χ1v) is 19.8. The van der Waals surface area contributed by atoms with Gasteiger partial charge in [0.1, 0.15) is 11.6 Å². The van der Waals surface area contributed by atoms with Gasteiger partial charge in [0.2, 0.25) is 23.8 Å². The van der Waals surface area contributed by atoms with Crippen LogP contribution in [0.5, 0.6) is 0 Å². The van der Waals surface area contributed by atoms with E-state index < -0.39 is 0 Å². The maximum atomic E-state index is 4.92. The molecule has 12 heteroatoms. The average Bonchev–Trinajstić information content (AvgIpc) is 3.02. The van der Waals surface area contributed by atoms with E-state index in [-0.39, 0.29) is 34.2 Å². The second-order valence-electron chi connectivity index (χ2n) is 18.4. The van der Waals surface area contributed by atoms with Gasteiger partial charge in [-0.15, -0.1) is 13.2 Å². The lowest BCUT2D eigenvalue weighted by atomic mass is 9.78. The van der Waals surface area contributed by atoms with Crippen molar-refractivity contribution in [3.05, 3.63) is 37.0 Å². The highest BCUT2D eigenvalue weighted by Gasteiger charge is 2.39. The zero-order valence-electron chi connectivity index (χ0n) is 33.5. The van der Waals surface area contributed by atoms with E-state index in [1.54, 1.807) is 0 Å². The van der Waals surface area contributed by atoms with Gasteiger partial charge in [0.15, 0.2) is 0 Å². The number of aromatic nitrogens is 6. The summed E-state index contributed by atoms with van der Waals surface area (Å²) in [5, 5.41) is 21.5. The van der Waals surface area contributed by atoms with Crippen LogP contribution in [-0.2, 0) is 12.8 Å². The Morgan fingerprint density at radius 2 is 0.865 bits per heavy atom. The smallest absolute Gasteiger partial charge is 0.227 e. The van der Waals surface area contributed by atoms with Crippen LogP contribution < -0.4 is 31.9 Å². The third-order valence-corrected chi connectivity index (χ3v) is 10.7. The lowest BCUT2D eigenvalue weighted by Gasteiger charge is -2.46. The van der Waals surface area contributed by atoms with Crippen LogP contribution in [0.2, 0.25) is 0 Å². The number of aryl methyl sites for hydroxylation is 2. The van der Waals surface area contributed by atoms with Gasteiger partial charge in [0.05, 0.1) is 0 Å². The van der Waals surface area contributed by atoms with Gasteiger partial charge in [-0.25, -0.2) is 0 Å². The van der Waals surface area contributed by atoms with E-state index in [4.69, 9.17) is 29.9 Å². The molecule has 4 heterocycles. The standard InChI is InChI=1S/C40H68N12/c1-11-21-41-33-45-31(47-35(49-33)43-29-23-37(3,4)51-38(5,6)24-29)19-17-27-13-15-28(16-14-27)18-20-32-46-34(42-22-12-2)50-36(48-32)44-30-25-39(7,8)52-40(9,10)26-30/h11-12,27-30,51-52H,1-2,13-26H2,3-10H3,(H2,41,43,45,47,49)(H2,42,44,46,48,50). The molecule has 12 nitrogen and oxygen atoms in total. The maximum absolute atomic E-state index is 4.92. The molecule has 2 aromatic rings. The second kappa shape index (κ2) is 16.7. The summed E-state index contributed by atoms with van der Waals surface area (Å²) in [6.07, 6.45) is 16.5. The SMILES string of the molecule is C=CCNc1nc(CCC2CCC(CCc3nc(NCC=C)nc(NC4CC(C)(C)NC(C)(C)C4)n3)CC2)nc(NC2CC(C)(C)NC(C)(C)C2)n1. The Bertz CT molecular complexity index is 1350. The Balaban J connectivity index is 1.14. The zero-order chi connectivity index (χ0) is 37.6. The molecule has 3 fully saturated rings. The molecule has 6 N–H and O–H groups in total. The number of hydrogen-bond donors (Lipinski definition) is 6. The van der Waals surface area contributed by atoms with Crippen molar-refractivity contribution < 1.29 is 0 Å². The van der Waals surface area contributed by atoms with Crippen molar-refractivity contribution in [2.75, 3.05) is 34.4 Å². The molecule has 3 aliphatic rings. The Morgan fingerprint density at radius 3 is 1.19 bits per heavy atom. The van der Waals surface area contributed by atoms with Crippen molar-refractivity contribution in [2.24, 2.45) is 11.8 Å². The fraction of sp³-hybridized carbons (Fsp3) is 0.750. The molecule has 2 aromatic heterocycles. The highest BCUT2D eigenvalue weighted by Crippen LogP contribution is 2.35. The van der Waals surface area contributed by atoms with Crippen LogP contribution in [0, 0.1) is 11.8 Å². The quantitative estimate of drug-likeness (QED) is 0.0988. The average molecular weight is 717 g/mol. The molecule has 0 aromatic carbocycles. The fourth-order valence-corrected chi connectivity index (χ4v) is 9.37. The number of nitrogens with one attached hydrogen (secondary N) is 6. The van der Waals surface area contributed by atoms with Crippen molar-refractivity contribution in [1.82, 2.24) is 40.5 Å². The van der Waals surface area contributed by atoms with E-state index in [1.807, 2.05) is 12.2 Å². The van der Waals surface area contributed by atoms with Gasteiger partial charge in [0.25, 0.3) is 0 Å². The molecule has 52 heavy (non-hydrogen) atoms. The molecule has 0 unspecified atom stereocenters. The lowest BCUT2D eigenvalue weighted by Crippen LogP contribution is -2.60. The summed E-state index contributed by atoms with van der Waals surface area (Å²) in [5.74, 6) is 5.65. The third-order valence-electron chi connectivity index (χ3n) is 10.7. The van der Waals surface area contributed by atoms with Gasteiger partial charge in [-0.3, -0.25) is 0 Å². The summed E-state index contributed by atoms with van der Waals surface area (Å²) in [7, 11) is 0. The topological polar surface area (TPSA) is 150 Å². The van der Waals surface area contributed by atoms with Gasteiger partial charge in [-0.1, -0.05) is 37.8 Å². The third kappa shape index (κ3) is 12.4. The number of rotatable bonds is 16. The van der Waals surface area contributed by atoms with E-state index in [1.165, 1.54) is 25.7 Å². The molecule has 1 aliphatic carbocycles. The molecule has 0 atom stereocenters. The Hall–Kier alpha value is -3.38. The highest BCUT2D eigenvalue weighted by atomic mass is 15.2. The highest BCUT2D eigenvalue weighted by molar-refractivity contribution is 5.37. The van der Waals surface area contributed by atoms with E-state index in [0.29, 0.717) is 48.7 Å². The van der Waals surface area contributed by atoms with Crippen LogP contribution in [0.25, 0.3) is 0 Å². The Labute approximate surface area is 313 Å². The molecule has 288 valence electrons. The molecule has 0 spiro atoms. The van der Waals surface area contributed by atoms with Crippen molar-refractivity contribution in [3.8, 4) is 0 Å². The summed E-state index contributed by atoms with van der Waals surface area (Å²) in [6, 6.07) is 0.572. The van der Waals surface area contributed by atoms with E-state index in [0.717, 1.165) is 63.0 Å². The van der Waals surface area contributed by atoms with Crippen LogP contribution in [0.15, 0.2) is 25.3 Å². The molecule has 5 rings (SSSR count). The normalized spacial score (nSPS) is 24.1. The van der Waals surface area contributed by atoms with Gasteiger partial charge in [-0.2, -0.15) is 29.9 Å². The zero-order valence-corrected chi connectivity index (χ0v) is 33.5. The summed E-state index contributed by atoms with van der Waals surface area (Å²) >= 11 is 0. The molecule has 2 aliphatic heterocycles. The maximum Gasteiger partial charge on any atom is 0.227 e. The first-order valence-electron chi connectivity index (χ1n) is 19.8. The second-order valence-corrected chi connectivity index (χ2v) is 18.4. The van der Waals surface area contributed by atoms with Crippen LogP contribution in [0.1, 0.15) is 131 Å². The minimum atomic E-state index is 0.0387. The Kier molecular flexibility index (Phi) is 12.8. The van der Waals surface area contributed by atoms with Gasteiger partial charge in [-0.05, 0) is 106 Å². The van der Waals surface area contributed by atoms with Gasteiger partial charge in [0, 0.05) is 60.2 Å². The lowest BCUT2D eigenvalue weighted by molar-refractivity contribution is 0.170. The molecule has 0 amide bonds. The van der Waals surface area contributed by atoms with Crippen molar-refractivity contribution in [2.45, 2.75) is 167 Å². The summed E-state index contributed by atoms with van der Waals surface area (Å²) in [4.78, 5) is 28.9. The van der Waals surface area contributed by atoms with Crippen LogP contribution in [0.3, 0.4) is 0 Å². The Morgan fingerprint density at radius 1 is 0.538 bits per heavy atom. The molecule has 2 saturated heterocycles.